The van der Waals surface area contributed by atoms with E-state index in [1.54, 1.807) is 0 Å². The second-order valence-electron chi connectivity index (χ2n) is 5.62. The molecule has 1 aliphatic carbocycles. The molecule has 1 amide bonds. The van der Waals surface area contributed by atoms with Gasteiger partial charge in [0.25, 0.3) is 0 Å². The molecule has 1 saturated carbocycles. The highest BCUT2D eigenvalue weighted by atomic mass is 16.5. The summed E-state index contributed by atoms with van der Waals surface area (Å²) in [6, 6.07) is 0. The van der Waals surface area contributed by atoms with Crippen molar-refractivity contribution in [3.63, 3.8) is 0 Å². The number of carbonyl (C=O) groups is 1. The molecule has 2 atom stereocenters. The van der Waals surface area contributed by atoms with Gasteiger partial charge in [0.15, 0.2) is 0 Å². The molecule has 4 nitrogen and oxygen atoms in total. The molecule has 3 N–H and O–H groups in total. The van der Waals surface area contributed by atoms with Gasteiger partial charge in [-0.2, -0.15) is 0 Å². The Hall–Kier alpha value is -0.610. The summed E-state index contributed by atoms with van der Waals surface area (Å²) in [5, 5.41) is 3.11. The molecule has 1 heterocycles. The van der Waals surface area contributed by atoms with E-state index in [2.05, 4.69) is 12.2 Å². The van der Waals surface area contributed by atoms with Gasteiger partial charge in [-0.3, -0.25) is 4.79 Å². The average Bonchev–Trinajstić information content (AvgIpc) is 3.05. The minimum atomic E-state index is -0.187. The predicted octanol–water partition coefficient (Wildman–Crippen LogP) is 1.19. The van der Waals surface area contributed by atoms with Crippen LogP contribution < -0.4 is 11.1 Å². The van der Waals surface area contributed by atoms with Crippen molar-refractivity contribution in [2.75, 3.05) is 13.2 Å². The van der Waals surface area contributed by atoms with Crippen molar-refractivity contribution < 1.29 is 9.53 Å². The highest BCUT2D eigenvalue weighted by molar-refractivity contribution is 5.76. The first-order valence-corrected chi connectivity index (χ1v) is 6.77. The number of nitrogens with two attached hydrogens (primary N) is 1. The fraction of sp³-hybridized carbons (Fsp3) is 0.923. The van der Waals surface area contributed by atoms with Crippen molar-refractivity contribution in [1.29, 1.82) is 0 Å². The fourth-order valence-electron chi connectivity index (χ4n) is 2.59. The molecule has 2 fully saturated rings. The number of rotatable bonds is 6. The summed E-state index contributed by atoms with van der Waals surface area (Å²) in [6.07, 6.45) is 6.33. The number of hydrogen-bond donors (Lipinski definition) is 2. The minimum absolute atomic E-state index is 0.125. The van der Waals surface area contributed by atoms with E-state index in [1.165, 1.54) is 12.8 Å². The molecule has 0 spiro atoms. The van der Waals surface area contributed by atoms with Gasteiger partial charge in [-0.25, -0.2) is 0 Å². The zero-order chi connectivity index (χ0) is 12.3. The van der Waals surface area contributed by atoms with E-state index in [-0.39, 0.29) is 11.4 Å². The number of nitrogens with one attached hydrogen (secondary N) is 1. The van der Waals surface area contributed by atoms with E-state index >= 15 is 0 Å². The second kappa shape index (κ2) is 5.36. The van der Waals surface area contributed by atoms with Gasteiger partial charge < -0.3 is 15.8 Å². The van der Waals surface area contributed by atoms with Crippen LogP contribution in [-0.4, -0.2) is 30.7 Å². The van der Waals surface area contributed by atoms with Gasteiger partial charge in [0.2, 0.25) is 5.91 Å². The quantitative estimate of drug-likeness (QED) is 0.733. The molecule has 1 saturated heterocycles. The Morgan fingerprint density at radius 1 is 1.47 bits per heavy atom. The standard InChI is InChI=1S/C13H24N2O2/c1-13(9-14,10-4-5-10)15-12(16)7-6-11-3-2-8-17-11/h10-11H,2-9,14H2,1H3,(H,15,16). The lowest BCUT2D eigenvalue weighted by molar-refractivity contribution is -0.123. The van der Waals surface area contributed by atoms with Crippen LogP contribution in [0.4, 0.5) is 0 Å². The summed E-state index contributed by atoms with van der Waals surface area (Å²) in [6.45, 7) is 3.45. The molecular formula is C13H24N2O2. The fourth-order valence-corrected chi connectivity index (χ4v) is 2.59. The lowest BCUT2D eigenvalue weighted by atomic mass is 9.95. The van der Waals surface area contributed by atoms with Crippen LogP contribution in [0.3, 0.4) is 0 Å². The van der Waals surface area contributed by atoms with Gasteiger partial charge in [-0.15, -0.1) is 0 Å². The average molecular weight is 240 g/mol. The Morgan fingerprint density at radius 2 is 2.24 bits per heavy atom. The summed E-state index contributed by atoms with van der Waals surface area (Å²) >= 11 is 0. The summed E-state index contributed by atoms with van der Waals surface area (Å²) in [4.78, 5) is 11.9. The molecule has 0 radical (unpaired) electrons. The van der Waals surface area contributed by atoms with Gasteiger partial charge in [0.05, 0.1) is 11.6 Å². The predicted molar refractivity (Wildman–Crippen MR) is 66.5 cm³/mol. The summed E-state index contributed by atoms with van der Waals surface area (Å²) in [7, 11) is 0. The van der Waals surface area contributed by atoms with Gasteiger partial charge >= 0.3 is 0 Å². The van der Waals surface area contributed by atoms with Crippen LogP contribution in [0, 0.1) is 5.92 Å². The molecule has 0 bridgehead atoms. The second-order valence-corrected chi connectivity index (χ2v) is 5.62. The molecule has 0 aromatic carbocycles. The maximum Gasteiger partial charge on any atom is 0.220 e. The van der Waals surface area contributed by atoms with Crippen LogP contribution in [0.25, 0.3) is 0 Å². The third-order valence-corrected chi connectivity index (χ3v) is 4.04. The molecule has 2 unspecified atom stereocenters. The van der Waals surface area contributed by atoms with E-state index in [0.29, 0.717) is 25.0 Å². The highest BCUT2D eigenvalue weighted by Crippen LogP contribution is 2.39. The molecule has 0 aromatic rings. The van der Waals surface area contributed by atoms with E-state index < -0.39 is 0 Å². The first kappa shape index (κ1) is 12.8. The zero-order valence-electron chi connectivity index (χ0n) is 10.7. The smallest absolute Gasteiger partial charge is 0.220 e. The van der Waals surface area contributed by atoms with Gasteiger partial charge in [-0.1, -0.05) is 0 Å². The van der Waals surface area contributed by atoms with Crippen LogP contribution >= 0.6 is 0 Å². The van der Waals surface area contributed by atoms with Crippen molar-refractivity contribution in [2.45, 2.75) is 57.1 Å². The van der Waals surface area contributed by atoms with E-state index in [4.69, 9.17) is 10.5 Å². The molecule has 1 aliphatic heterocycles. The SMILES string of the molecule is CC(CN)(NC(=O)CCC1CCCO1)C1CC1. The maximum absolute atomic E-state index is 11.9. The lowest BCUT2D eigenvalue weighted by Crippen LogP contribution is -2.53. The van der Waals surface area contributed by atoms with Crippen molar-refractivity contribution in [2.24, 2.45) is 11.7 Å². The van der Waals surface area contributed by atoms with Crippen molar-refractivity contribution >= 4 is 5.91 Å². The molecule has 2 rings (SSSR count). The third-order valence-electron chi connectivity index (χ3n) is 4.04. The van der Waals surface area contributed by atoms with Gasteiger partial charge in [0, 0.05) is 19.6 Å². The van der Waals surface area contributed by atoms with Crippen LogP contribution in [0.5, 0.6) is 0 Å². The maximum atomic E-state index is 11.9. The Balaban J connectivity index is 1.71. The van der Waals surface area contributed by atoms with Crippen LogP contribution in [0.2, 0.25) is 0 Å². The summed E-state index contributed by atoms with van der Waals surface area (Å²) < 4.78 is 5.51. The minimum Gasteiger partial charge on any atom is -0.378 e. The molecule has 4 heteroatoms. The molecule has 0 aromatic heterocycles. The van der Waals surface area contributed by atoms with Crippen LogP contribution in [-0.2, 0) is 9.53 Å². The zero-order valence-corrected chi connectivity index (χ0v) is 10.7. The van der Waals surface area contributed by atoms with Crippen molar-refractivity contribution in [3.05, 3.63) is 0 Å². The Kier molecular flexibility index (Phi) is 4.05. The largest absolute Gasteiger partial charge is 0.378 e. The Labute approximate surface area is 103 Å². The molecule has 2 aliphatic rings. The summed E-state index contributed by atoms with van der Waals surface area (Å²) in [5.41, 5.74) is 5.59. The van der Waals surface area contributed by atoms with Crippen molar-refractivity contribution in [3.8, 4) is 0 Å². The highest BCUT2D eigenvalue weighted by Gasteiger charge is 2.41. The number of carbonyl (C=O) groups excluding carboxylic acids is 1. The van der Waals surface area contributed by atoms with Crippen LogP contribution in [0.15, 0.2) is 0 Å². The Bertz CT molecular complexity index is 273. The molecule has 17 heavy (non-hydrogen) atoms. The van der Waals surface area contributed by atoms with Gasteiger partial charge in [0.1, 0.15) is 0 Å². The topological polar surface area (TPSA) is 64.3 Å². The third kappa shape index (κ3) is 3.42. The first-order valence-electron chi connectivity index (χ1n) is 6.77. The van der Waals surface area contributed by atoms with E-state index in [1.807, 2.05) is 0 Å². The van der Waals surface area contributed by atoms with Crippen LogP contribution in [0.1, 0.15) is 45.4 Å². The molecule has 98 valence electrons. The Morgan fingerprint density at radius 3 is 2.76 bits per heavy atom. The van der Waals surface area contributed by atoms with E-state index in [0.717, 1.165) is 25.9 Å². The molecular weight excluding hydrogens is 216 g/mol. The van der Waals surface area contributed by atoms with E-state index in [9.17, 15) is 4.79 Å². The number of amides is 1. The van der Waals surface area contributed by atoms with Gasteiger partial charge in [-0.05, 0) is 44.9 Å². The number of ether oxygens (including phenoxy) is 1. The summed E-state index contributed by atoms with van der Waals surface area (Å²) in [5.74, 6) is 0.708. The normalized spacial score (nSPS) is 27.8. The monoisotopic (exact) mass is 240 g/mol. The number of hydrogen-bond acceptors (Lipinski definition) is 3. The lowest BCUT2D eigenvalue weighted by Gasteiger charge is -2.29. The van der Waals surface area contributed by atoms with Crippen molar-refractivity contribution in [1.82, 2.24) is 5.32 Å². The first-order chi connectivity index (χ1) is 8.14.